The molecule has 1 N–H and O–H groups in total. The van der Waals surface area contributed by atoms with Crippen LogP contribution in [0.1, 0.15) is 45.5 Å². The van der Waals surface area contributed by atoms with Gasteiger partial charge in [0.2, 0.25) is 5.91 Å². The van der Waals surface area contributed by atoms with Crippen LogP contribution in [0.25, 0.3) is 11.0 Å². The molecule has 0 radical (unpaired) electrons. The van der Waals surface area contributed by atoms with Crippen LogP contribution in [-0.2, 0) is 11.2 Å². The Labute approximate surface area is 177 Å². The number of carbonyl (C=O) groups excluding carboxylic acids is 1. The molecule has 3 aromatic rings. The Kier molecular flexibility index (Phi) is 5.97. The second-order valence-electron chi connectivity index (χ2n) is 8.49. The molecule has 1 fully saturated rings. The minimum Gasteiger partial charge on any atom is -0.355 e. The predicted octanol–water partition coefficient (Wildman–Crippen LogP) is 3.37. The van der Waals surface area contributed by atoms with Gasteiger partial charge in [0.05, 0.1) is 17.2 Å². The van der Waals surface area contributed by atoms with Gasteiger partial charge in [-0.15, -0.1) is 0 Å². The van der Waals surface area contributed by atoms with Gasteiger partial charge in [0.15, 0.2) is 0 Å². The fourth-order valence-corrected chi connectivity index (χ4v) is 4.18. The van der Waals surface area contributed by atoms with E-state index in [4.69, 9.17) is 4.98 Å². The van der Waals surface area contributed by atoms with Crippen LogP contribution in [-0.4, -0.2) is 44.6 Å². The molecule has 1 aliphatic heterocycles. The Balaban J connectivity index is 1.44. The number of rotatable bonds is 6. The molecule has 0 bridgehead atoms. The third-order valence-electron chi connectivity index (χ3n) is 5.74. The zero-order valence-corrected chi connectivity index (χ0v) is 18.0. The molecule has 4 rings (SSSR count). The number of hydrogen-bond acceptors (Lipinski definition) is 5. The monoisotopic (exact) mass is 406 g/mol. The third-order valence-corrected chi connectivity index (χ3v) is 5.74. The molecular formula is C23H30N6O. The Morgan fingerprint density at radius 3 is 2.63 bits per heavy atom. The molecule has 0 aliphatic carbocycles. The highest BCUT2D eigenvalue weighted by atomic mass is 16.2. The maximum Gasteiger partial charge on any atom is 0.243 e. The van der Waals surface area contributed by atoms with Gasteiger partial charge in [-0.05, 0) is 37.8 Å². The predicted molar refractivity (Wildman–Crippen MR) is 118 cm³/mol. The molecular weight excluding hydrogens is 376 g/mol. The average Bonchev–Trinajstić information content (AvgIpc) is 3.11. The second kappa shape index (κ2) is 8.81. The first kappa shape index (κ1) is 20.3. The Hall–Kier alpha value is -2.96. The van der Waals surface area contributed by atoms with E-state index in [0.717, 1.165) is 55.0 Å². The summed E-state index contributed by atoms with van der Waals surface area (Å²) in [5, 5.41) is 3.27. The molecule has 3 heterocycles. The Morgan fingerprint density at radius 2 is 1.93 bits per heavy atom. The number of anilines is 1. The van der Waals surface area contributed by atoms with E-state index in [0.29, 0.717) is 5.92 Å². The van der Waals surface area contributed by atoms with Crippen molar-refractivity contribution in [1.29, 1.82) is 0 Å². The van der Waals surface area contributed by atoms with Crippen molar-refractivity contribution < 1.29 is 4.79 Å². The SMILES string of the molecule is CC(C)Cc1nc2ccccc2n1C(C)C(=O)NC1CCN(c2cnccn2)CC1. The summed E-state index contributed by atoms with van der Waals surface area (Å²) in [6, 6.07) is 7.94. The van der Waals surface area contributed by atoms with E-state index in [1.807, 2.05) is 25.1 Å². The highest BCUT2D eigenvalue weighted by molar-refractivity contribution is 5.84. The zero-order chi connectivity index (χ0) is 21.1. The Morgan fingerprint density at radius 1 is 1.17 bits per heavy atom. The fourth-order valence-electron chi connectivity index (χ4n) is 4.18. The highest BCUT2D eigenvalue weighted by Gasteiger charge is 2.26. The molecule has 1 unspecified atom stereocenters. The van der Waals surface area contributed by atoms with Crippen molar-refractivity contribution in [3.63, 3.8) is 0 Å². The molecule has 1 aliphatic rings. The third kappa shape index (κ3) is 4.30. The summed E-state index contributed by atoms with van der Waals surface area (Å²) in [6.45, 7) is 8.07. The van der Waals surface area contributed by atoms with Crippen molar-refractivity contribution in [2.75, 3.05) is 18.0 Å². The molecule has 1 atom stereocenters. The molecule has 1 aromatic carbocycles. The van der Waals surface area contributed by atoms with Crippen molar-refractivity contribution in [2.45, 2.75) is 52.1 Å². The molecule has 0 saturated carbocycles. The van der Waals surface area contributed by atoms with Crippen LogP contribution in [0.2, 0.25) is 0 Å². The number of aromatic nitrogens is 4. The topological polar surface area (TPSA) is 75.9 Å². The zero-order valence-electron chi connectivity index (χ0n) is 18.0. The number of piperidine rings is 1. The molecule has 30 heavy (non-hydrogen) atoms. The smallest absolute Gasteiger partial charge is 0.243 e. The Bertz CT molecular complexity index is 991. The van der Waals surface area contributed by atoms with Crippen molar-refractivity contribution >= 4 is 22.8 Å². The van der Waals surface area contributed by atoms with Crippen LogP contribution in [0.15, 0.2) is 42.9 Å². The van der Waals surface area contributed by atoms with Crippen molar-refractivity contribution in [3.8, 4) is 0 Å². The first-order chi connectivity index (χ1) is 14.5. The van der Waals surface area contributed by atoms with E-state index in [-0.39, 0.29) is 18.0 Å². The number of amides is 1. The van der Waals surface area contributed by atoms with Crippen LogP contribution in [0.4, 0.5) is 5.82 Å². The lowest BCUT2D eigenvalue weighted by Gasteiger charge is -2.33. The largest absolute Gasteiger partial charge is 0.355 e. The van der Waals surface area contributed by atoms with Crippen LogP contribution in [0, 0.1) is 5.92 Å². The lowest BCUT2D eigenvalue weighted by molar-refractivity contribution is -0.124. The number of hydrogen-bond donors (Lipinski definition) is 1. The normalized spacial score (nSPS) is 16.2. The van der Waals surface area contributed by atoms with Crippen molar-refractivity contribution in [1.82, 2.24) is 24.8 Å². The van der Waals surface area contributed by atoms with E-state index >= 15 is 0 Å². The molecule has 1 amide bonds. The standard InChI is InChI=1S/C23H30N6O/c1-16(2)14-21-27-19-6-4-5-7-20(19)29(21)17(3)23(30)26-18-8-12-28(13-9-18)22-15-24-10-11-25-22/h4-7,10-11,15-18H,8-9,12-14H2,1-3H3,(H,26,30). The van der Waals surface area contributed by atoms with Gasteiger partial charge < -0.3 is 14.8 Å². The van der Waals surface area contributed by atoms with Gasteiger partial charge in [-0.1, -0.05) is 26.0 Å². The van der Waals surface area contributed by atoms with Crippen LogP contribution in [0.3, 0.4) is 0 Å². The van der Waals surface area contributed by atoms with E-state index in [2.05, 4.69) is 44.7 Å². The maximum atomic E-state index is 13.1. The maximum absolute atomic E-state index is 13.1. The molecule has 2 aromatic heterocycles. The minimum atomic E-state index is -0.302. The summed E-state index contributed by atoms with van der Waals surface area (Å²) < 4.78 is 2.11. The van der Waals surface area contributed by atoms with E-state index in [1.165, 1.54) is 0 Å². The quantitative estimate of drug-likeness (QED) is 0.679. The number of benzene rings is 1. The summed E-state index contributed by atoms with van der Waals surface area (Å²) in [5.74, 6) is 2.41. The molecule has 1 saturated heterocycles. The minimum absolute atomic E-state index is 0.0566. The van der Waals surface area contributed by atoms with Gasteiger partial charge in [0, 0.05) is 37.9 Å². The molecule has 0 spiro atoms. The summed E-state index contributed by atoms with van der Waals surface area (Å²) in [7, 11) is 0. The van der Waals surface area contributed by atoms with Crippen molar-refractivity contribution in [3.05, 3.63) is 48.7 Å². The number of para-hydroxylation sites is 2. The summed E-state index contributed by atoms with van der Waals surface area (Å²) in [4.78, 5) is 28.7. The van der Waals surface area contributed by atoms with Gasteiger partial charge in [0.25, 0.3) is 0 Å². The molecule has 158 valence electrons. The van der Waals surface area contributed by atoms with E-state index < -0.39 is 0 Å². The van der Waals surface area contributed by atoms with E-state index in [1.54, 1.807) is 18.6 Å². The van der Waals surface area contributed by atoms with Gasteiger partial charge in [-0.2, -0.15) is 0 Å². The van der Waals surface area contributed by atoms with Crippen LogP contribution in [0.5, 0.6) is 0 Å². The number of carbonyl (C=O) groups is 1. The first-order valence-corrected chi connectivity index (χ1v) is 10.8. The number of nitrogens with zero attached hydrogens (tertiary/aromatic N) is 5. The van der Waals surface area contributed by atoms with Gasteiger partial charge in [-0.25, -0.2) is 9.97 Å². The lowest BCUT2D eigenvalue weighted by Crippen LogP contribution is -2.46. The van der Waals surface area contributed by atoms with Crippen LogP contribution >= 0.6 is 0 Å². The summed E-state index contributed by atoms with van der Waals surface area (Å²) in [6.07, 6.45) is 7.85. The fraction of sp³-hybridized carbons (Fsp3) is 0.478. The van der Waals surface area contributed by atoms with Gasteiger partial charge in [0.1, 0.15) is 17.7 Å². The first-order valence-electron chi connectivity index (χ1n) is 10.8. The number of nitrogens with one attached hydrogen (secondary N) is 1. The van der Waals surface area contributed by atoms with Crippen LogP contribution < -0.4 is 10.2 Å². The summed E-state index contributed by atoms with van der Waals surface area (Å²) in [5.41, 5.74) is 1.97. The van der Waals surface area contributed by atoms with E-state index in [9.17, 15) is 4.79 Å². The van der Waals surface area contributed by atoms with Gasteiger partial charge >= 0.3 is 0 Å². The second-order valence-corrected chi connectivity index (χ2v) is 8.49. The number of fused-ring (bicyclic) bond motifs is 1. The highest BCUT2D eigenvalue weighted by Crippen LogP contribution is 2.24. The summed E-state index contributed by atoms with van der Waals surface area (Å²) >= 11 is 0. The molecule has 7 nitrogen and oxygen atoms in total. The molecule has 7 heteroatoms. The average molecular weight is 407 g/mol. The van der Waals surface area contributed by atoms with Crippen molar-refractivity contribution in [2.24, 2.45) is 5.92 Å². The van der Waals surface area contributed by atoms with Gasteiger partial charge in [-0.3, -0.25) is 9.78 Å². The lowest BCUT2D eigenvalue weighted by atomic mass is 10.0. The number of imidazole rings is 1.